The smallest absolute Gasteiger partial charge is 0.331 e. The fourth-order valence-corrected chi connectivity index (χ4v) is 4.75. The molecule has 0 atom stereocenters. The molecule has 1 saturated carbocycles. The number of rotatable bonds is 5. The lowest BCUT2D eigenvalue weighted by molar-refractivity contribution is -0.132. The molecule has 1 aliphatic heterocycles. The van der Waals surface area contributed by atoms with Gasteiger partial charge in [0.25, 0.3) is 11.8 Å². The highest BCUT2D eigenvalue weighted by Gasteiger charge is 2.40. The van der Waals surface area contributed by atoms with Crippen LogP contribution >= 0.6 is 39.1 Å². The van der Waals surface area contributed by atoms with E-state index in [-0.39, 0.29) is 18.2 Å². The predicted octanol–water partition coefficient (Wildman–Crippen LogP) is 6.13. The molecular weight excluding hydrogens is 531 g/mol. The van der Waals surface area contributed by atoms with Crippen LogP contribution in [0.25, 0.3) is 6.08 Å². The summed E-state index contributed by atoms with van der Waals surface area (Å²) in [6.07, 6.45) is 5.94. The number of benzene rings is 2. The molecule has 2 fully saturated rings. The monoisotopic (exact) mass is 550 g/mol. The molecule has 9 heteroatoms. The van der Waals surface area contributed by atoms with Crippen molar-refractivity contribution in [1.82, 2.24) is 10.2 Å². The zero-order valence-corrected chi connectivity index (χ0v) is 20.7. The number of barbiturate groups is 1. The first-order valence-corrected chi connectivity index (χ1v) is 12.1. The highest BCUT2D eigenvalue weighted by atomic mass is 79.9. The maximum absolute atomic E-state index is 13.2. The van der Waals surface area contributed by atoms with Gasteiger partial charge in [0.1, 0.15) is 17.9 Å². The SMILES string of the molecule is O=C1NC(=O)N(C2CCCCC2)C(=O)C1=Cc1cc(Br)ccc1OCc1ccc(Cl)c(Cl)c1. The van der Waals surface area contributed by atoms with Gasteiger partial charge in [-0.3, -0.25) is 19.8 Å². The third kappa shape index (κ3) is 5.42. The normalized spacial score (nSPS) is 18.6. The summed E-state index contributed by atoms with van der Waals surface area (Å²) >= 11 is 15.5. The van der Waals surface area contributed by atoms with Crippen molar-refractivity contribution in [3.63, 3.8) is 0 Å². The van der Waals surface area contributed by atoms with Gasteiger partial charge in [-0.25, -0.2) is 4.79 Å². The van der Waals surface area contributed by atoms with Gasteiger partial charge in [0.2, 0.25) is 0 Å². The molecule has 0 radical (unpaired) electrons. The lowest BCUT2D eigenvalue weighted by Crippen LogP contribution is -2.58. The predicted molar refractivity (Wildman–Crippen MR) is 130 cm³/mol. The second-order valence-corrected chi connectivity index (χ2v) is 9.73. The molecule has 2 aromatic carbocycles. The number of hydrogen-bond donors (Lipinski definition) is 1. The van der Waals surface area contributed by atoms with Crippen LogP contribution in [-0.2, 0) is 16.2 Å². The minimum atomic E-state index is -0.715. The highest BCUT2D eigenvalue weighted by molar-refractivity contribution is 9.10. The van der Waals surface area contributed by atoms with E-state index in [9.17, 15) is 14.4 Å². The van der Waals surface area contributed by atoms with E-state index >= 15 is 0 Å². The number of nitrogens with zero attached hydrogens (tertiary/aromatic N) is 1. The first-order chi connectivity index (χ1) is 15.8. The number of hydrogen-bond acceptors (Lipinski definition) is 4. The summed E-state index contributed by atoms with van der Waals surface area (Å²) in [5, 5.41) is 3.19. The van der Waals surface area contributed by atoms with E-state index in [1.165, 1.54) is 11.0 Å². The van der Waals surface area contributed by atoms with Crippen molar-refractivity contribution in [3.05, 3.63) is 67.6 Å². The van der Waals surface area contributed by atoms with Gasteiger partial charge in [0.05, 0.1) is 10.0 Å². The molecule has 33 heavy (non-hydrogen) atoms. The Hall–Kier alpha value is -2.35. The number of carbonyl (C=O) groups is 3. The van der Waals surface area contributed by atoms with E-state index in [2.05, 4.69) is 21.2 Å². The van der Waals surface area contributed by atoms with E-state index in [0.717, 1.165) is 42.1 Å². The van der Waals surface area contributed by atoms with E-state index in [1.54, 1.807) is 36.4 Å². The zero-order chi connectivity index (χ0) is 23.5. The summed E-state index contributed by atoms with van der Waals surface area (Å²) in [4.78, 5) is 39.4. The van der Waals surface area contributed by atoms with Gasteiger partial charge in [-0.1, -0.05) is 64.5 Å². The molecule has 0 bridgehead atoms. The first-order valence-electron chi connectivity index (χ1n) is 10.6. The Bertz CT molecular complexity index is 1150. The molecule has 1 N–H and O–H groups in total. The quantitative estimate of drug-likeness (QED) is 0.358. The number of imide groups is 2. The molecule has 6 nitrogen and oxygen atoms in total. The van der Waals surface area contributed by atoms with Crippen molar-refractivity contribution in [3.8, 4) is 5.75 Å². The fraction of sp³-hybridized carbons (Fsp3) is 0.292. The number of amides is 4. The molecule has 1 heterocycles. The summed E-state index contributed by atoms with van der Waals surface area (Å²) in [6, 6.07) is 9.64. The van der Waals surface area contributed by atoms with Crippen LogP contribution < -0.4 is 10.1 Å². The summed E-state index contributed by atoms with van der Waals surface area (Å²) in [5.41, 5.74) is 1.24. The maximum Gasteiger partial charge on any atom is 0.331 e. The Labute approximate surface area is 210 Å². The molecule has 0 unspecified atom stereocenters. The Kier molecular flexibility index (Phi) is 7.41. The van der Waals surface area contributed by atoms with Crippen LogP contribution in [0.15, 0.2) is 46.4 Å². The van der Waals surface area contributed by atoms with Crippen molar-refractivity contribution in [1.29, 1.82) is 0 Å². The molecule has 0 aromatic heterocycles. The van der Waals surface area contributed by atoms with Gasteiger partial charge in [-0.05, 0) is 54.8 Å². The van der Waals surface area contributed by atoms with Gasteiger partial charge in [0.15, 0.2) is 0 Å². The molecule has 172 valence electrons. The number of carbonyl (C=O) groups excluding carboxylic acids is 3. The molecule has 2 aliphatic rings. The number of nitrogens with one attached hydrogen (secondary N) is 1. The molecular formula is C24H21BrCl2N2O4. The van der Waals surface area contributed by atoms with Gasteiger partial charge >= 0.3 is 6.03 Å². The minimum Gasteiger partial charge on any atom is -0.488 e. The van der Waals surface area contributed by atoms with Crippen LogP contribution in [-0.4, -0.2) is 28.8 Å². The highest BCUT2D eigenvalue weighted by Crippen LogP contribution is 2.30. The number of urea groups is 1. The van der Waals surface area contributed by atoms with Crippen molar-refractivity contribution in [2.75, 3.05) is 0 Å². The van der Waals surface area contributed by atoms with Crippen molar-refractivity contribution in [2.24, 2.45) is 0 Å². The van der Waals surface area contributed by atoms with Crippen LogP contribution in [0.5, 0.6) is 5.75 Å². The first kappa shape index (κ1) is 23.8. The average molecular weight is 552 g/mol. The summed E-state index contributed by atoms with van der Waals surface area (Å²) in [6.45, 7) is 0.210. The number of ether oxygens (including phenoxy) is 1. The standard InChI is InChI=1S/C24H21BrCl2N2O4/c25-16-7-9-21(33-13-14-6-8-19(26)20(27)10-14)15(11-16)12-18-22(30)28-24(32)29(23(18)31)17-4-2-1-3-5-17/h6-12,17H,1-5,13H2,(H,28,30,32). The molecule has 2 aromatic rings. The van der Waals surface area contributed by atoms with Gasteiger partial charge < -0.3 is 4.74 Å². The number of halogens is 3. The Morgan fingerprint density at radius 1 is 1.03 bits per heavy atom. The summed E-state index contributed by atoms with van der Waals surface area (Å²) in [5.74, 6) is -0.822. The lowest BCUT2D eigenvalue weighted by Gasteiger charge is -2.35. The third-order valence-corrected chi connectivity index (χ3v) is 6.96. The van der Waals surface area contributed by atoms with Gasteiger partial charge in [0, 0.05) is 16.1 Å². The minimum absolute atomic E-state index is 0.0994. The lowest BCUT2D eigenvalue weighted by atomic mass is 9.93. The third-order valence-electron chi connectivity index (χ3n) is 5.72. The molecule has 4 amide bonds. The van der Waals surface area contributed by atoms with Crippen LogP contribution in [0.1, 0.15) is 43.2 Å². The van der Waals surface area contributed by atoms with E-state index in [1.807, 2.05) is 0 Å². The van der Waals surface area contributed by atoms with E-state index in [4.69, 9.17) is 27.9 Å². The molecule has 1 saturated heterocycles. The van der Waals surface area contributed by atoms with Crippen LogP contribution in [0.3, 0.4) is 0 Å². The van der Waals surface area contributed by atoms with E-state index < -0.39 is 17.8 Å². The Balaban J connectivity index is 1.61. The second-order valence-electron chi connectivity index (χ2n) is 8.00. The molecule has 1 aliphatic carbocycles. The topological polar surface area (TPSA) is 75.7 Å². The van der Waals surface area contributed by atoms with Crippen molar-refractivity contribution >= 4 is 63.1 Å². The maximum atomic E-state index is 13.2. The summed E-state index contributed by atoms with van der Waals surface area (Å²) < 4.78 is 6.71. The summed E-state index contributed by atoms with van der Waals surface area (Å²) in [7, 11) is 0. The van der Waals surface area contributed by atoms with Crippen LogP contribution in [0, 0.1) is 0 Å². The van der Waals surface area contributed by atoms with E-state index in [0.29, 0.717) is 21.4 Å². The van der Waals surface area contributed by atoms with Crippen molar-refractivity contribution in [2.45, 2.75) is 44.8 Å². The second kappa shape index (κ2) is 10.3. The van der Waals surface area contributed by atoms with Gasteiger partial charge in [-0.15, -0.1) is 0 Å². The van der Waals surface area contributed by atoms with Crippen LogP contribution in [0.4, 0.5) is 4.79 Å². The molecule has 4 rings (SSSR count). The van der Waals surface area contributed by atoms with Crippen molar-refractivity contribution < 1.29 is 19.1 Å². The fourth-order valence-electron chi connectivity index (χ4n) is 4.05. The zero-order valence-electron chi connectivity index (χ0n) is 17.6. The van der Waals surface area contributed by atoms with Crippen LogP contribution in [0.2, 0.25) is 10.0 Å². The van der Waals surface area contributed by atoms with Gasteiger partial charge in [-0.2, -0.15) is 0 Å². The Morgan fingerprint density at radius 2 is 1.79 bits per heavy atom. The Morgan fingerprint density at radius 3 is 2.52 bits per heavy atom. The molecule has 0 spiro atoms. The average Bonchev–Trinajstić information content (AvgIpc) is 2.79. The largest absolute Gasteiger partial charge is 0.488 e.